The summed E-state index contributed by atoms with van der Waals surface area (Å²) in [6, 6.07) is 20.8. The normalized spacial score (nSPS) is 10.1. The molecule has 0 fully saturated rings. The summed E-state index contributed by atoms with van der Waals surface area (Å²) in [5.74, 6) is 0.394. The summed E-state index contributed by atoms with van der Waals surface area (Å²) >= 11 is 0. The number of amides is 1. The Morgan fingerprint density at radius 3 is 2.30 bits per heavy atom. The van der Waals surface area contributed by atoms with Gasteiger partial charge in [0, 0.05) is 24.5 Å². The molecule has 0 aliphatic rings. The number of aromatic nitrogens is 2. The Morgan fingerprint density at radius 1 is 0.957 bits per heavy atom. The number of rotatable bonds is 4. The minimum atomic E-state index is -0.263. The SMILES string of the molecule is CN(c1ccccc1)c1cc(C(=O)Nc2ccccc2)ncn1. The molecule has 1 heterocycles. The van der Waals surface area contributed by atoms with Gasteiger partial charge in [0.2, 0.25) is 0 Å². The van der Waals surface area contributed by atoms with Gasteiger partial charge in [0.1, 0.15) is 17.8 Å². The third-order valence-electron chi connectivity index (χ3n) is 3.40. The lowest BCUT2D eigenvalue weighted by Gasteiger charge is -2.18. The second-order valence-corrected chi connectivity index (χ2v) is 4.98. The van der Waals surface area contributed by atoms with Crippen molar-refractivity contribution in [2.75, 3.05) is 17.3 Å². The smallest absolute Gasteiger partial charge is 0.274 e. The molecule has 5 nitrogen and oxygen atoms in total. The minimum Gasteiger partial charge on any atom is -0.329 e. The van der Waals surface area contributed by atoms with Crippen molar-refractivity contribution in [3.05, 3.63) is 78.8 Å². The molecule has 2 aromatic carbocycles. The molecular weight excluding hydrogens is 288 g/mol. The molecule has 1 amide bonds. The number of anilines is 3. The Kier molecular flexibility index (Phi) is 4.29. The van der Waals surface area contributed by atoms with E-state index in [4.69, 9.17) is 0 Å². The summed E-state index contributed by atoms with van der Waals surface area (Å²) in [5, 5.41) is 2.82. The van der Waals surface area contributed by atoms with Crippen LogP contribution < -0.4 is 10.2 Å². The van der Waals surface area contributed by atoms with Crippen molar-refractivity contribution >= 4 is 23.1 Å². The van der Waals surface area contributed by atoms with Crippen LogP contribution in [0.3, 0.4) is 0 Å². The van der Waals surface area contributed by atoms with Crippen LogP contribution in [-0.2, 0) is 0 Å². The van der Waals surface area contributed by atoms with Crippen molar-refractivity contribution in [3.63, 3.8) is 0 Å². The van der Waals surface area contributed by atoms with Crippen LogP contribution in [0, 0.1) is 0 Å². The minimum absolute atomic E-state index is 0.263. The third-order valence-corrected chi connectivity index (χ3v) is 3.40. The molecule has 0 atom stereocenters. The van der Waals surface area contributed by atoms with Crippen molar-refractivity contribution in [2.24, 2.45) is 0 Å². The van der Waals surface area contributed by atoms with Crippen LogP contribution in [0.25, 0.3) is 0 Å². The van der Waals surface area contributed by atoms with Crippen molar-refractivity contribution in [1.82, 2.24) is 9.97 Å². The maximum absolute atomic E-state index is 12.3. The zero-order valence-electron chi connectivity index (χ0n) is 12.7. The number of para-hydroxylation sites is 2. The molecule has 0 saturated carbocycles. The first kappa shape index (κ1) is 14.7. The lowest BCUT2D eigenvalue weighted by atomic mass is 10.2. The molecule has 0 aliphatic carbocycles. The molecule has 5 heteroatoms. The molecule has 0 radical (unpaired) electrons. The van der Waals surface area contributed by atoms with Crippen LogP contribution >= 0.6 is 0 Å². The van der Waals surface area contributed by atoms with Gasteiger partial charge in [-0.2, -0.15) is 0 Å². The summed E-state index contributed by atoms with van der Waals surface area (Å²) in [5.41, 5.74) is 2.04. The predicted octanol–water partition coefficient (Wildman–Crippen LogP) is 3.50. The van der Waals surface area contributed by atoms with E-state index in [2.05, 4.69) is 15.3 Å². The molecular formula is C18H16N4O. The van der Waals surface area contributed by atoms with E-state index in [0.717, 1.165) is 11.4 Å². The van der Waals surface area contributed by atoms with Crippen LogP contribution in [0.15, 0.2) is 73.1 Å². The van der Waals surface area contributed by atoms with Gasteiger partial charge in [-0.05, 0) is 24.3 Å². The Hall–Kier alpha value is -3.21. The number of benzene rings is 2. The molecule has 1 N–H and O–H groups in total. The third kappa shape index (κ3) is 3.52. The zero-order chi connectivity index (χ0) is 16.1. The van der Waals surface area contributed by atoms with E-state index in [1.54, 1.807) is 6.07 Å². The highest BCUT2D eigenvalue weighted by Gasteiger charge is 2.12. The molecule has 23 heavy (non-hydrogen) atoms. The Bertz CT molecular complexity index is 790. The highest BCUT2D eigenvalue weighted by Crippen LogP contribution is 2.21. The van der Waals surface area contributed by atoms with Crippen molar-refractivity contribution in [3.8, 4) is 0 Å². The number of nitrogens with zero attached hydrogens (tertiary/aromatic N) is 3. The van der Waals surface area contributed by atoms with Crippen molar-refractivity contribution in [1.29, 1.82) is 0 Å². The van der Waals surface area contributed by atoms with Gasteiger partial charge < -0.3 is 10.2 Å². The highest BCUT2D eigenvalue weighted by atomic mass is 16.1. The highest BCUT2D eigenvalue weighted by molar-refractivity contribution is 6.03. The average Bonchev–Trinajstić information content (AvgIpc) is 2.63. The van der Waals surface area contributed by atoms with E-state index in [9.17, 15) is 4.79 Å². The second kappa shape index (κ2) is 6.70. The topological polar surface area (TPSA) is 58.1 Å². The van der Waals surface area contributed by atoms with Gasteiger partial charge in [-0.25, -0.2) is 9.97 Å². The molecule has 114 valence electrons. The van der Waals surface area contributed by atoms with Gasteiger partial charge >= 0.3 is 0 Å². The fourth-order valence-electron chi connectivity index (χ4n) is 2.16. The Balaban J connectivity index is 1.81. The second-order valence-electron chi connectivity index (χ2n) is 4.98. The molecule has 0 spiro atoms. The van der Waals surface area contributed by atoms with Gasteiger partial charge in [0.05, 0.1) is 0 Å². The fourth-order valence-corrected chi connectivity index (χ4v) is 2.16. The number of carbonyl (C=O) groups is 1. The first-order chi connectivity index (χ1) is 11.2. The van der Waals surface area contributed by atoms with E-state index in [1.165, 1.54) is 6.33 Å². The molecule has 0 saturated heterocycles. The van der Waals surface area contributed by atoms with Gasteiger partial charge in [0.25, 0.3) is 5.91 Å². The summed E-state index contributed by atoms with van der Waals surface area (Å²) in [4.78, 5) is 22.5. The molecule has 3 rings (SSSR count). The van der Waals surface area contributed by atoms with E-state index in [-0.39, 0.29) is 5.91 Å². The number of carbonyl (C=O) groups excluding carboxylic acids is 1. The van der Waals surface area contributed by atoms with Crippen LogP contribution in [-0.4, -0.2) is 22.9 Å². The molecule has 0 unspecified atom stereocenters. The van der Waals surface area contributed by atoms with Gasteiger partial charge in [-0.15, -0.1) is 0 Å². The van der Waals surface area contributed by atoms with E-state index in [0.29, 0.717) is 11.5 Å². The number of hydrogen-bond donors (Lipinski definition) is 1. The van der Waals surface area contributed by atoms with Crippen LogP contribution in [0.5, 0.6) is 0 Å². The van der Waals surface area contributed by atoms with E-state index < -0.39 is 0 Å². The number of hydrogen-bond acceptors (Lipinski definition) is 4. The fraction of sp³-hybridized carbons (Fsp3) is 0.0556. The van der Waals surface area contributed by atoms with E-state index in [1.807, 2.05) is 72.6 Å². The molecule has 1 aromatic heterocycles. The monoisotopic (exact) mass is 304 g/mol. The summed E-state index contributed by atoms with van der Waals surface area (Å²) in [6.45, 7) is 0. The van der Waals surface area contributed by atoms with Crippen LogP contribution in [0.4, 0.5) is 17.2 Å². The van der Waals surface area contributed by atoms with Gasteiger partial charge in [-0.1, -0.05) is 36.4 Å². The summed E-state index contributed by atoms with van der Waals surface area (Å²) in [6.07, 6.45) is 1.40. The summed E-state index contributed by atoms with van der Waals surface area (Å²) < 4.78 is 0. The van der Waals surface area contributed by atoms with Crippen LogP contribution in [0.2, 0.25) is 0 Å². The van der Waals surface area contributed by atoms with Crippen molar-refractivity contribution in [2.45, 2.75) is 0 Å². The molecule has 3 aromatic rings. The van der Waals surface area contributed by atoms with Gasteiger partial charge in [0.15, 0.2) is 0 Å². The van der Waals surface area contributed by atoms with E-state index >= 15 is 0 Å². The summed E-state index contributed by atoms with van der Waals surface area (Å²) in [7, 11) is 1.90. The molecule has 0 aliphatic heterocycles. The van der Waals surface area contributed by atoms with Crippen molar-refractivity contribution < 1.29 is 4.79 Å². The quantitative estimate of drug-likeness (QED) is 0.801. The zero-order valence-corrected chi connectivity index (χ0v) is 12.7. The van der Waals surface area contributed by atoms with Gasteiger partial charge in [-0.3, -0.25) is 4.79 Å². The standard InChI is InChI=1S/C18H16N4O/c1-22(15-10-6-3-7-11-15)17-12-16(19-13-20-17)18(23)21-14-8-4-2-5-9-14/h2-13H,1H3,(H,21,23). The average molecular weight is 304 g/mol. The Morgan fingerprint density at radius 2 is 1.61 bits per heavy atom. The lowest BCUT2D eigenvalue weighted by Crippen LogP contribution is -2.16. The lowest BCUT2D eigenvalue weighted by molar-refractivity contribution is 0.102. The van der Waals surface area contributed by atoms with Crippen LogP contribution in [0.1, 0.15) is 10.5 Å². The first-order valence-corrected chi connectivity index (χ1v) is 7.21. The maximum atomic E-state index is 12.3. The number of nitrogens with one attached hydrogen (secondary N) is 1. The largest absolute Gasteiger partial charge is 0.329 e. The predicted molar refractivity (Wildman–Crippen MR) is 90.9 cm³/mol. The first-order valence-electron chi connectivity index (χ1n) is 7.21. The Labute approximate surface area is 134 Å². The molecule has 0 bridgehead atoms. The maximum Gasteiger partial charge on any atom is 0.274 e.